The van der Waals surface area contributed by atoms with Crippen LogP contribution in [0.25, 0.3) is 0 Å². The van der Waals surface area contributed by atoms with Gasteiger partial charge in [0.2, 0.25) is 15.9 Å². The second kappa shape index (κ2) is 9.61. The Balaban J connectivity index is 1.77. The zero-order chi connectivity index (χ0) is 24.4. The predicted molar refractivity (Wildman–Crippen MR) is 125 cm³/mol. The van der Waals surface area contributed by atoms with Gasteiger partial charge in [-0.05, 0) is 62.2 Å². The van der Waals surface area contributed by atoms with Gasteiger partial charge in [0.05, 0.1) is 25.2 Å². The highest BCUT2D eigenvalue weighted by atomic mass is 32.2. The number of hydrogen-bond donors (Lipinski definition) is 1. The lowest BCUT2D eigenvalue weighted by Gasteiger charge is -2.38. The summed E-state index contributed by atoms with van der Waals surface area (Å²) in [5, 5.41) is 3.11. The van der Waals surface area contributed by atoms with Crippen LogP contribution in [0.3, 0.4) is 0 Å². The van der Waals surface area contributed by atoms with Gasteiger partial charge in [-0.1, -0.05) is 0 Å². The molecule has 0 spiro atoms. The van der Waals surface area contributed by atoms with Crippen molar-refractivity contribution in [1.29, 1.82) is 0 Å². The lowest BCUT2D eigenvalue weighted by atomic mass is 9.89. The number of benzene rings is 2. The van der Waals surface area contributed by atoms with Crippen molar-refractivity contribution in [3.05, 3.63) is 47.5 Å². The van der Waals surface area contributed by atoms with Crippen LogP contribution in [0, 0.1) is 0 Å². The number of nitrogens with one attached hydrogen (secondary N) is 1. The summed E-state index contributed by atoms with van der Waals surface area (Å²) >= 11 is 0. The Hall–Kier alpha value is -2.78. The van der Waals surface area contributed by atoms with E-state index in [2.05, 4.69) is 5.32 Å². The molecular weight excluding hydrogens is 444 g/mol. The van der Waals surface area contributed by atoms with Gasteiger partial charge < -0.3 is 19.5 Å². The highest BCUT2D eigenvalue weighted by Crippen LogP contribution is 2.41. The lowest BCUT2D eigenvalue weighted by molar-refractivity contribution is -0.122. The number of amides is 1. The molecule has 8 nitrogen and oxygen atoms in total. The van der Waals surface area contributed by atoms with Crippen LogP contribution < -0.4 is 19.5 Å². The minimum absolute atomic E-state index is 0.144. The Morgan fingerprint density at radius 1 is 1.15 bits per heavy atom. The number of sulfonamides is 1. The molecule has 1 heterocycles. The van der Waals surface area contributed by atoms with Gasteiger partial charge in [-0.25, -0.2) is 12.7 Å². The Labute approximate surface area is 195 Å². The number of aryl methyl sites for hydroxylation is 1. The second-order valence-electron chi connectivity index (χ2n) is 8.85. The summed E-state index contributed by atoms with van der Waals surface area (Å²) < 4.78 is 42.9. The van der Waals surface area contributed by atoms with Gasteiger partial charge in [-0.3, -0.25) is 4.79 Å². The quantitative estimate of drug-likeness (QED) is 0.628. The van der Waals surface area contributed by atoms with E-state index in [1.807, 2.05) is 32.0 Å². The van der Waals surface area contributed by atoms with E-state index in [1.54, 1.807) is 19.2 Å². The highest BCUT2D eigenvalue weighted by Gasteiger charge is 2.34. The molecule has 0 saturated heterocycles. The topological polar surface area (TPSA) is 94.2 Å². The van der Waals surface area contributed by atoms with Crippen LogP contribution in [0.2, 0.25) is 0 Å². The highest BCUT2D eigenvalue weighted by molar-refractivity contribution is 7.89. The first kappa shape index (κ1) is 24.9. The lowest BCUT2D eigenvalue weighted by Crippen LogP contribution is -2.41. The first-order chi connectivity index (χ1) is 15.5. The van der Waals surface area contributed by atoms with Crippen molar-refractivity contribution in [2.75, 3.05) is 28.3 Å². The molecule has 0 saturated carbocycles. The largest absolute Gasteiger partial charge is 0.497 e. The van der Waals surface area contributed by atoms with E-state index in [0.717, 1.165) is 15.6 Å². The number of ether oxygens (including phenoxy) is 3. The fourth-order valence-corrected chi connectivity index (χ4v) is 4.88. The van der Waals surface area contributed by atoms with Crippen LogP contribution in [-0.4, -0.2) is 52.5 Å². The van der Waals surface area contributed by atoms with Crippen molar-refractivity contribution in [3.63, 3.8) is 0 Å². The summed E-state index contributed by atoms with van der Waals surface area (Å²) in [4.78, 5) is 13.1. The zero-order valence-corrected chi connectivity index (χ0v) is 20.8. The van der Waals surface area contributed by atoms with E-state index in [4.69, 9.17) is 14.2 Å². The van der Waals surface area contributed by atoms with Crippen molar-refractivity contribution in [2.24, 2.45) is 0 Å². The van der Waals surface area contributed by atoms with E-state index in [1.165, 1.54) is 27.3 Å². The Kier molecular flexibility index (Phi) is 7.23. The molecule has 1 N–H and O–H groups in total. The minimum atomic E-state index is -3.59. The zero-order valence-electron chi connectivity index (χ0n) is 20.0. The van der Waals surface area contributed by atoms with Gasteiger partial charge in [0.15, 0.2) is 0 Å². The second-order valence-corrected chi connectivity index (χ2v) is 11.0. The van der Waals surface area contributed by atoms with E-state index < -0.39 is 15.6 Å². The fourth-order valence-electron chi connectivity index (χ4n) is 3.92. The van der Waals surface area contributed by atoms with Crippen LogP contribution in [-0.2, 0) is 21.2 Å². The van der Waals surface area contributed by atoms with E-state index in [9.17, 15) is 13.2 Å². The third-order valence-corrected chi connectivity index (χ3v) is 7.47. The molecule has 0 bridgehead atoms. The third kappa shape index (κ3) is 5.59. The van der Waals surface area contributed by atoms with Gasteiger partial charge in [-0.2, -0.15) is 0 Å². The van der Waals surface area contributed by atoms with Gasteiger partial charge in [0.1, 0.15) is 22.8 Å². The van der Waals surface area contributed by atoms with E-state index in [-0.39, 0.29) is 23.3 Å². The van der Waals surface area contributed by atoms with Crippen LogP contribution in [0.1, 0.15) is 43.9 Å². The van der Waals surface area contributed by atoms with Gasteiger partial charge in [0.25, 0.3) is 0 Å². The molecule has 33 heavy (non-hydrogen) atoms. The first-order valence-corrected chi connectivity index (χ1v) is 12.2. The van der Waals surface area contributed by atoms with Gasteiger partial charge in [0, 0.05) is 32.5 Å². The number of hydrogen-bond acceptors (Lipinski definition) is 6. The van der Waals surface area contributed by atoms with Crippen LogP contribution in [0.5, 0.6) is 17.2 Å². The number of methoxy groups -OCH3 is 2. The summed E-state index contributed by atoms with van der Waals surface area (Å²) in [6.45, 7) is 3.97. The van der Waals surface area contributed by atoms with Crippen LogP contribution in [0.4, 0.5) is 0 Å². The average Bonchev–Trinajstić information content (AvgIpc) is 2.76. The maximum absolute atomic E-state index is 12.9. The molecule has 1 aliphatic rings. The molecule has 0 unspecified atom stereocenters. The van der Waals surface area contributed by atoms with Gasteiger partial charge >= 0.3 is 0 Å². The molecule has 2 aromatic rings. The van der Waals surface area contributed by atoms with Crippen molar-refractivity contribution < 1.29 is 27.4 Å². The predicted octanol–water partition coefficient (Wildman–Crippen LogP) is 3.31. The summed E-state index contributed by atoms with van der Waals surface area (Å²) in [5.74, 6) is 1.82. The van der Waals surface area contributed by atoms with Crippen molar-refractivity contribution >= 4 is 15.9 Å². The molecule has 3 rings (SSSR count). The smallest absolute Gasteiger partial charge is 0.242 e. The number of fused-ring (bicyclic) bond motifs is 1. The van der Waals surface area contributed by atoms with Crippen molar-refractivity contribution in [3.8, 4) is 17.2 Å². The van der Waals surface area contributed by atoms with E-state index in [0.29, 0.717) is 29.9 Å². The summed E-state index contributed by atoms with van der Waals surface area (Å²) in [5.41, 5.74) is 1.10. The molecule has 0 aromatic heterocycles. The van der Waals surface area contributed by atoms with E-state index >= 15 is 0 Å². The molecule has 180 valence electrons. The molecular formula is C24H32N2O6S. The number of nitrogens with zero attached hydrogens (tertiary/aromatic N) is 1. The molecule has 0 fully saturated rings. The first-order valence-electron chi connectivity index (χ1n) is 10.7. The normalized spacial score (nSPS) is 17.1. The Morgan fingerprint density at radius 2 is 1.88 bits per heavy atom. The van der Waals surface area contributed by atoms with Gasteiger partial charge in [-0.15, -0.1) is 0 Å². The van der Waals surface area contributed by atoms with Crippen LogP contribution in [0.15, 0.2) is 41.3 Å². The number of carbonyl (C=O) groups excluding carboxylic acids is 1. The van der Waals surface area contributed by atoms with Crippen molar-refractivity contribution in [2.45, 2.75) is 49.6 Å². The maximum atomic E-state index is 12.9. The molecule has 0 radical (unpaired) electrons. The van der Waals surface area contributed by atoms with Crippen LogP contribution >= 0.6 is 0 Å². The third-order valence-electron chi connectivity index (χ3n) is 5.66. The fraction of sp³-hybridized carbons (Fsp3) is 0.458. The monoisotopic (exact) mass is 476 g/mol. The Morgan fingerprint density at radius 3 is 2.52 bits per heavy atom. The standard InChI is InChI=1S/C24H32N2O6S/c1-24(2)15-20(19-14-17(30-5)8-10-22(19)32-24)25-23(27)12-7-16-13-18(9-11-21(16)31-6)33(28,29)26(3)4/h8-11,13-14,20H,7,12,15H2,1-6H3,(H,25,27)/t20-/m1/s1. The minimum Gasteiger partial charge on any atom is -0.497 e. The average molecular weight is 477 g/mol. The maximum Gasteiger partial charge on any atom is 0.242 e. The number of carbonyl (C=O) groups is 1. The SMILES string of the molecule is COc1ccc2c(c1)[C@H](NC(=O)CCc1cc(S(=O)(=O)N(C)C)ccc1OC)CC(C)(C)O2. The van der Waals surface area contributed by atoms with Crippen molar-refractivity contribution in [1.82, 2.24) is 9.62 Å². The Bertz CT molecular complexity index is 1130. The molecule has 9 heteroatoms. The number of rotatable bonds is 8. The molecule has 0 aliphatic carbocycles. The molecule has 2 aromatic carbocycles. The summed E-state index contributed by atoms with van der Waals surface area (Å²) in [7, 11) is 2.49. The molecule has 1 aliphatic heterocycles. The summed E-state index contributed by atoms with van der Waals surface area (Å²) in [6.07, 6.45) is 1.13. The molecule has 1 atom stereocenters. The molecule has 1 amide bonds. The summed E-state index contributed by atoms with van der Waals surface area (Å²) in [6, 6.07) is 10.0.